The van der Waals surface area contributed by atoms with Gasteiger partial charge in [0.25, 0.3) is 0 Å². The molecule has 100 valence electrons. The SMILES string of the molecule is COC(C)(C)CC1CC(O)c2cc(C)ccc2O1. The Hall–Kier alpha value is -1.06. The Morgan fingerprint density at radius 3 is 2.83 bits per heavy atom. The maximum absolute atomic E-state index is 10.2. The molecular formula is C15H22O3. The predicted octanol–water partition coefficient (Wildman–Crippen LogP) is 2.99. The molecule has 3 heteroatoms. The second-order valence-corrected chi connectivity index (χ2v) is 5.70. The van der Waals surface area contributed by atoms with Gasteiger partial charge in [-0.05, 0) is 32.9 Å². The Morgan fingerprint density at radius 1 is 1.44 bits per heavy atom. The maximum atomic E-state index is 10.2. The van der Waals surface area contributed by atoms with Gasteiger partial charge < -0.3 is 14.6 Å². The van der Waals surface area contributed by atoms with Crippen molar-refractivity contribution < 1.29 is 14.6 Å². The van der Waals surface area contributed by atoms with E-state index in [2.05, 4.69) is 0 Å². The Bertz CT molecular complexity index is 426. The Kier molecular flexibility index (Phi) is 3.64. The van der Waals surface area contributed by atoms with Crippen molar-refractivity contribution in [2.24, 2.45) is 0 Å². The van der Waals surface area contributed by atoms with E-state index in [0.29, 0.717) is 6.42 Å². The molecule has 0 amide bonds. The molecular weight excluding hydrogens is 228 g/mol. The molecule has 2 unspecified atom stereocenters. The van der Waals surface area contributed by atoms with Crippen LogP contribution in [0.1, 0.15) is 43.9 Å². The molecule has 0 bridgehead atoms. The van der Waals surface area contributed by atoms with Crippen LogP contribution in [0.5, 0.6) is 5.75 Å². The molecule has 0 fully saturated rings. The monoisotopic (exact) mass is 250 g/mol. The molecule has 0 aromatic heterocycles. The predicted molar refractivity (Wildman–Crippen MR) is 70.9 cm³/mol. The summed E-state index contributed by atoms with van der Waals surface area (Å²) in [6.45, 7) is 6.09. The number of methoxy groups -OCH3 is 1. The number of hydrogen-bond donors (Lipinski definition) is 1. The summed E-state index contributed by atoms with van der Waals surface area (Å²) in [4.78, 5) is 0. The Morgan fingerprint density at radius 2 is 2.17 bits per heavy atom. The van der Waals surface area contributed by atoms with E-state index >= 15 is 0 Å². The van der Waals surface area contributed by atoms with E-state index in [0.717, 1.165) is 23.3 Å². The highest BCUT2D eigenvalue weighted by molar-refractivity contribution is 5.40. The van der Waals surface area contributed by atoms with Gasteiger partial charge in [-0.2, -0.15) is 0 Å². The normalized spacial score (nSPS) is 23.4. The van der Waals surface area contributed by atoms with Crippen molar-refractivity contribution in [2.45, 2.75) is 51.4 Å². The molecule has 18 heavy (non-hydrogen) atoms. The fourth-order valence-corrected chi connectivity index (χ4v) is 2.40. The van der Waals surface area contributed by atoms with Gasteiger partial charge >= 0.3 is 0 Å². The molecule has 0 aliphatic carbocycles. The van der Waals surface area contributed by atoms with Crippen LogP contribution in [0.2, 0.25) is 0 Å². The number of aliphatic hydroxyl groups excluding tert-OH is 1. The van der Waals surface area contributed by atoms with Crippen molar-refractivity contribution in [3.63, 3.8) is 0 Å². The minimum Gasteiger partial charge on any atom is -0.490 e. The van der Waals surface area contributed by atoms with Crippen molar-refractivity contribution in [3.05, 3.63) is 29.3 Å². The largest absolute Gasteiger partial charge is 0.490 e. The van der Waals surface area contributed by atoms with Crippen LogP contribution in [0.15, 0.2) is 18.2 Å². The first kappa shape index (κ1) is 13.4. The van der Waals surface area contributed by atoms with E-state index in [1.165, 1.54) is 0 Å². The zero-order valence-corrected chi connectivity index (χ0v) is 11.6. The second kappa shape index (κ2) is 4.90. The van der Waals surface area contributed by atoms with Crippen LogP contribution < -0.4 is 4.74 Å². The average Bonchev–Trinajstić information content (AvgIpc) is 2.30. The lowest BCUT2D eigenvalue weighted by Gasteiger charge is -2.34. The van der Waals surface area contributed by atoms with Gasteiger partial charge in [0, 0.05) is 25.5 Å². The maximum Gasteiger partial charge on any atom is 0.125 e. The molecule has 0 saturated carbocycles. The molecule has 0 radical (unpaired) electrons. The first-order valence-electron chi connectivity index (χ1n) is 6.42. The van der Waals surface area contributed by atoms with Crippen LogP contribution in [0.25, 0.3) is 0 Å². The molecule has 1 heterocycles. The van der Waals surface area contributed by atoms with E-state index in [1.807, 2.05) is 39.0 Å². The lowest BCUT2D eigenvalue weighted by Crippen LogP contribution is -2.35. The number of rotatable bonds is 3. The number of fused-ring (bicyclic) bond motifs is 1. The summed E-state index contributed by atoms with van der Waals surface area (Å²) < 4.78 is 11.4. The minimum atomic E-state index is -0.439. The molecule has 1 aromatic rings. The fraction of sp³-hybridized carbons (Fsp3) is 0.600. The van der Waals surface area contributed by atoms with Gasteiger partial charge in [-0.25, -0.2) is 0 Å². The van der Waals surface area contributed by atoms with E-state index < -0.39 is 6.10 Å². The molecule has 2 atom stereocenters. The third-order valence-corrected chi connectivity index (χ3v) is 3.58. The summed E-state index contributed by atoms with van der Waals surface area (Å²) >= 11 is 0. The van der Waals surface area contributed by atoms with Gasteiger partial charge in [0.15, 0.2) is 0 Å². The number of benzene rings is 1. The zero-order chi connectivity index (χ0) is 13.3. The topological polar surface area (TPSA) is 38.7 Å². The average molecular weight is 250 g/mol. The fourth-order valence-electron chi connectivity index (χ4n) is 2.40. The summed E-state index contributed by atoms with van der Waals surface area (Å²) in [6, 6.07) is 5.95. The summed E-state index contributed by atoms with van der Waals surface area (Å²) in [5.41, 5.74) is 1.82. The van der Waals surface area contributed by atoms with Crippen LogP contribution in [0.3, 0.4) is 0 Å². The highest BCUT2D eigenvalue weighted by Gasteiger charge is 2.31. The minimum absolute atomic E-state index is 0.00477. The summed E-state index contributed by atoms with van der Waals surface area (Å²) in [5.74, 6) is 0.802. The highest BCUT2D eigenvalue weighted by Crippen LogP contribution is 2.37. The third kappa shape index (κ3) is 2.85. The molecule has 2 rings (SSSR count). The van der Waals surface area contributed by atoms with Crippen LogP contribution in [-0.2, 0) is 4.74 Å². The van der Waals surface area contributed by atoms with Crippen molar-refractivity contribution in [1.29, 1.82) is 0 Å². The molecule has 1 aliphatic rings. The van der Waals surface area contributed by atoms with E-state index in [4.69, 9.17) is 9.47 Å². The molecule has 1 aromatic carbocycles. The van der Waals surface area contributed by atoms with Crippen LogP contribution in [0, 0.1) is 6.92 Å². The van der Waals surface area contributed by atoms with Gasteiger partial charge in [-0.3, -0.25) is 0 Å². The Labute approximate surface area is 109 Å². The van der Waals surface area contributed by atoms with Crippen molar-refractivity contribution in [1.82, 2.24) is 0 Å². The molecule has 0 spiro atoms. The van der Waals surface area contributed by atoms with E-state index in [9.17, 15) is 5.11 Å². The molecule has 1 N–H and O–H groups in total. The van der Waals surface area contributed by atoms with Crippen LogP contribution in [0.4, 0.5) is 0 Å². The van der Waals surface area contributed by atoms with Gasteiger partial charge in [-0.15, -0.1) is 0 Å². The van der Waals surface area contributed by atoms with Crippen molar-refractivity contribution >= 4 is 0 Å². The number of ether oxygens (including phenoxy) is 2. The third-order valence-electron chi connectivity index (χ3n) is 3.58. The van der Waals surface area contributed by atoms with Gasteiger partial charge in [0.05, 0.1) is 11.7 Å². The first-order chi connectivity index (χ1) is 8.41. The highest BCUT2D eigenvalue weighted by atomic mass is 16.5. The zero-order valence-electron chi connectivity index (χ0n) is 11.6. The first-order valence-corrected chi connectivity index (χ1v) is 6.42. The molecule has 3 nitrogen and oxygen atoms in total. The lowest BCUT2D eigenvalue weighted by molar-refractivity contribution is -0.0311. The van der Waals surface area contributed by atoms with Crippen molar-refractivity contribution in [3.8, 4) is 5.75 Å². The number of aliphatic hydroxyl groups is 1. The number of hydrogen-bond acceptors (Lipinski definition) is 3. The summed E-state index contributed by atoms with van der Waals surface area (Å²) in [6.07, 6.45) is 0.966. The van der Waals surface area contributed by atoms with Crippen LogP contribution >= 0.6 is 0 Å². The van der Waals surface area contributed by atoms with Gasteiger partial charge in [0.1, 0.15) is 11.9 Å². The molecule has 0 saturated heterocycles. The van der Waals surface area contributed by atoms with E-state index in [-0.39, 0.29) is 11.7 Å². The second-order valence-electron chi connectivity index (χ2n) is 5.70. The van der Waals surface area contributed by atoms with Gasteiger partial charge in [0.2, 0.25) is 0 Å². The van der Waals surface area contributed by atoms with E-state index in [1.54, 1.807) is 7.11 Å². The summed E-state index contributed by atoms with van der Waals surface area (Å²) in [5, 5.41) is 10.2. The van der Waals surface area contributed by atoms with Crippen molar-refractivity contribution in [2.75, 3.05) is 7.11 Å². The standard InChI is InChI=1S/C15H22O3/c1-10-5-6-14-12(7-10)13(16)8-11(18-14)9-15(2,3)17-4/h5-7,11,13,16H,8-9H2,1-4H3. The quantitative estimate of drug-likeness (QED) is 0.896. The Balaban J connectivity index is 2.16. The number of aryl methyl sites for hydroxylation is 1. The summed E-state index contributed by atoms with van der Waals surface area (Å²) in [7, 11) is 1.70. The smallest absolute Gasteiger partial charge is 0.125 e. The van der Waals surface area contributed by atoms with Crippen LogP contribution in [-0.4, -0.2) is 23.9 Å². The molecule has 1 aliphatic heterocycles. The lowest BCUT2D eigenvalue weighted by atomic mass is 9.91. The van der Waals surface area contributed by atoms with Gasteiger partial charge in [-0.1, -0.05) is 11.6 Å².